The van der Waals surface area contributed by atoms with Crippen LogP contribution in [0.5, 0.6) is 0 Å². The summed E-state index contributed by atoms with van der Waals surface area (Å²) in [5, 5.41) is 2.84. The monoisotopic (exact) mass is 235 g/mol. The number of hydrogen-bond acceptors (Lipinski definition) is 1. The van der Waals surface area contributed by atoms with Crippen molar-refractivity contribution in [1.82, 2.24) is 5.32 Å². The molecule has 1 amide bonds. The summed E-state index contributed by atoms with van der Waals surface area (Å²) in [5.41, 5.74) is 0.382. The van der Waals surface area contributed by atoms with Gasteiger partial charge in [0, 0.05) is 6.54 Å². The smallest absolute Gasteiger partial charge is 0.254 e. The van der Waals surface area contributed by atoms with Crippen molar-refractivity contribution in [3.05, 3.63) is 35.6 Å². The molecular weight excluding hydrogens is 217 g/mol. The lowest BCUT2D eigenvalue weighted by Crippen LogP contribution is -2.33. The average Bonchev–Trinajstić information content (AvgIpc) is 3.07. The maximum Gasteiger partial charge on any atom is 0.254 e. The van der Waals surface area contributed by atoms with E-state index in [-0.39, 0.29) is 16.9 Å². The van der Waals surface area contributed by atoms with E-state index in [9.17, 15) is 9.18 Å². The Labute approximate surface area is 101 Å². The van der Waals surface area contributed by atoms with Gasteiger partial charge in [-0.05, 0) is 36.3 Å². The number of halogens is 1. The van der Waals surface area contributed by atoms with Gasteiger partial charge in [0.1, 0.15) is 5.82 Å². The third kappa shape index (κ3) is 2.48. The van der Waals surface area contributed by atoms with E-state index in [1.165, 1.54) is 12.1 Å². The Kier molecular flexibility index (Phi) is 3.18. The number of carbonyl (C=O) groups excluding carboxylic acids is 1. The second-order valence-electron chi connectivity index (χ2n) is 5.18. The minimum absolute atomic E-state index is 0.132. The average molecular weight is 235 g/mol. The van der Waals surface area contributed by atoms with Crippen molar-refractivity contribution in [3.63, 3.8) is 0 Å². The lowest BCUT2D eigenvalue weighted by Gasteiger charge is -2.20. The van der Waals surface area contributed by atoms with E-state index in [1.54, 1.807) is 12.1 Å². The summed E-state index contributed by atoms with van der Waals surface area (Å²) in [4.78, 5) is 11.8. The van der Waals surface area contributed by atoms with Gasteiger partial charge in [-0.1, -0.05) is 26.0 Å². The summed E-state index contributed by atoms with van der Waals surface area (Å²) < 4.78 is 13.4. The molecule has 1 aromatic carbocycles. The Morgan fingerprint density at radius 3 is 2.59 bits per heavy atom. The Balaban J connectivity index is 1.97. The minimum atomic E-state index is -0.459. The first kappa shape index (κ1) is 12.1. The van der Waals surface area contributed by atoms with Crippen LogP contribution in [0.2, 0.25) is 0 Å². The lowest BCUT2D eigenvalue weighted by molar-refractivity contribution is 0.0935. The maximum absolute atomic E-state index is 13.4. The molecule has 2 nitrogen and oxygen atoms in total. The summed E-state index contributed by atoms with van der Waals surface area (Å²) >= 11 is 0. The molecule has 1 aromatic rings. The quantitative estimate of drug-likeness (QED) is 0.854. The van der Waals surface area contributed by atoms with Crippen LogP contribution in [0.15, 0.2) is 24.3 Å². The largest absolute Gasteiger partial charge is 0.351 e. The zero-order chi connectivity index (χ0) is 12.5. The molecule has 1 saturated carbocycles. The molecule has 0 aliphatic heterocycles. The predicted molar refractivity (Wildman–Crippen MR) is 65.2 cm³/mol. The van der Waals surface area contributed by atoms with Gasteiger partial charge in [-0.2, -0.15) is 0 Å². The molecule has 1 N–H and O–H groups in total. The van der Waals surface area contributed by atoms with E-state index >= 15 is 0 Å². The zero-order valence-electron chi connectivity index (χ0n) is 10.3. The van der Waals surface area contributed by atoms with Crippen molar-refractivity contribution in [1.29, 1.82) is 0 Å². The minimum Gasteiger partial charge on any atom is -0.351 e. The van der Waals surface area contributed by atoms with Crippen LogP contribution in [-0.2, 0) is 0 Å². The first-order valence-corrected chi connectivity index (χ1v) is 6.08. The van der Waals surface area contributed by atoms with Crippen molar-refractivity contribution in [2.75, 3.05) is 6.54 Å². The van der Waals surface area contributed by atoms with Crippen LogP contribution >= 0.6 is 0 Å². The highest BCUT2D eigenvalue weighted by atomic mass is 19.1. The van der Waals surface area contributed by atoms with Gasteiger partial charge >= 0.3 is 0 Å². The van der Waals surface area contributed by atoms with Crippen LogP contribution in [0.3, 0.4) is 0 Å². The van der Waals surface area contributed by atoms with Crippen molar-refractivity contribution in [2.24, 2.45) is 11.3 Å². The molecule has 1 fully saturated rings. The lowest BCUT2D eigenvalue weighted by atomic mass is 9.92. The first-order chi connectivity index (χ1) is 8.05. The molecule has 1 aliphatic rings. The third-order valence-corrected chi connectivity index (χ3v) is 3.84. The fraction of sp³-hybridized carbons (Fsp3) is 0.500. The molecule has 0 aromatic heterocycles. The SMILES string of the molecule is CC(C)C1(CNC(=O)c2ccccc2F)CC1. The highest BCUT2D eigenvalue weighted by molar-refractivity contribution is 5.94. The number of nitrogens with one attached hydrogen (secondary N) is 1. The van der Waals surface area contributed by atoms with Gasteiger partial charge in [0.05, 0.1) is 5.56 Å². The maximum atomic E-state index is 13.4. The van der Waals surface area contributed by atoms with E-state index in [0.29, 0.717) is 12.5 Å². The van der Waals surface area contributed by atoms with E-state index in [0.717, 1.165) is 12.8 Å². The van der Waals surface area contributed by atoms with Crippen LogP contribution in [0, 0.1) is 17.2 Å². The molecule has 0 spiro atoms. The second-order valence-corrected chi connectivity index (χ2v) is 5.18. The molecule has 92 valence electrons. The van der Waals surface area contributed by atoms with Crippen LogP contribution in [-0.4, -0.2) is 12.5 Å². The van der Waals surface area contributed by atoms with E-state index < -0.39 is 5.82 Å². The number of rotatable bonds is 4. The molecule has 0 heterocycles. The van der Waals surface area contributed by atoms with Gasteiger partial charge in [-0.25, -0.2) is 4.39 Å². The number of amides is 1. The summed E-state index contributed by atoms with van der Waals surface area (Å²) in [7, 11) is 0. The van der Waals surface area contributed by atoms with Gasteiger partial charge < -0.3 is 5.32 Å². The highest BCUT2D eigenvalue weighted by Crippen LogP contribution is 2.51. The molecule has 0 bridgehead atoms. The first-order valence-electron chi connectivity index (χ1n) is 6.08. The summed E-state index contributed by atoms with van der Waals surface area (Å²) in [6.45, 7) is 4.99. The molecule has 0 saturated heterocycles. The van der Waals surface area contributed by atoms with E-state index in [4.69, 9.17) is 0 Å². The van der Waals surface area contributed by atoms with E-state index in [1.807, 2.05) is 0 Å². The molecule has 0 unspecified atom stereocenters. The van der Waals surface area contributed by atoms with Gasteiger partial charge in [0.2, 0.25) is 0 Å². The topological polar surface area (TPSA) is 29.1 Å². The zero-order valence-corrected chi connectivity index (χ0v) is 10.3. The van der Waals surface area contributed by atoms with Crippen molar-refractivity contribution in [3.8, 4) is 0 Å². The number of carbonyl (C=O) groups is 1. The van der Waals surface area contributed by atoms with Crippen LogP contribution in [0.25, 0.3) is 0 Å². The van der Waals surface area contributed by atoms with Crippen LogP contribution in [0.1, 0.15) is 37.0 Å². The highest BCUT2D eigenvalue weighted by Gasteiger charge is 2.45. The Bertz CT molecular complexity index is 424. The third-order valence-electron chi connectivity index (χ3n) is 3.84. The summed E-state index contributed by atoms with van der Waals surface area (Å²) in [6, 6.07) is 6.08. The standard InChI is InChI=1S/C14H18FNO/c1-10(2)14(7-8-14)9-16-13(17)11-5-3-4-6-12(11)15/h3-6,10H,7-9H2,1-2H3,(H,16,17). The van der Waals surface area contributed by atoms with Crippen LogP contribution in [0.4, 0.5) is 4.39 Å². The fourth-order valence-corrected chi connectivity index (χ4v) is 2.12. The van der Waals surface area contributed by atoms with Gasteiger partial charge in [-0.3, -0.25) is 4.79 Å². The number of hydrogen-bond donors (Lipinski definition) is 1. The van der Waals surface area contributed by atoms with Gasteiger partial charge in [-0.15, -0.1) is 0 Å². The molecular formula is C14H18FNO. The molecule has 2 rings (SSSR count). The summed E-state index contributed by atoms with van der Waals surface area (Å²) in [5.74, 6) is -0.210. The molecule has 17 heavy (non-hydrogen) atoms. The van der Waals surface area contributed by atoms with Gasteiger partial charge in [0.25, 0.3) is 5.91 Å². The summed E-state index contributed by atoms with van der Waals surface area (Å²) in [6.07, 6.45) is 2.31. The molecule has 3 heteroatoms. The van der Waals surface area contributed by atoms with E-state index in [2.05, 4.69) is 19.2 Å². The molecule has 0 atom stereocenters. The Hall–Kier alpha value is -1.38. The van der Waals surface area contributed by atoms with Crippen molar-refractivity contribution < 1.29 is 9.18 Å². The Morgan fingerprint density at radius 2 is 2.06 bits per heavy atom. The normalized spacial score (nSPS) is 16.9. The van der Waals surface area contributed by atoms with Gasteiger partial charge in [0.15, 0.2) is 0 Å². The predicted octanol–water partition coefficient (Wildman–Crippen LogP) is 2.99. The number of benzene rings is 1. The fourth-order valence-electron chi connectivity index (χ4n) is 2.12. The van der Waals surface area contributed by atoms with Crippen molar-refractivity contribution in [2.45, 2.75) is 26.7 Å². The Morgan fingerprint density at radius 1 is 1.41 bits per heavy atom. The molecule has 0 radical (unpaired) electrons. The van der Waals surface area contributed by atoms with Crippen LogP contribution < -0.4 is 5.32 Å². The molecule has 1 aliphatic carbocycles. The second kappa shape index (κ2) is 4.47. The van der Waals surface area contributed by atoms with Crippen molar-refractivity contribution >= 4 is 5.91 Å².